The predicted molar refractivity (Wildman–Crippen MR) is 251 cm³/mol. The van der Waals surface area contributed by atoms with Crippen LogP contribution in [0.15, 0.2) is 66.9 Å². The van der Waals surface area contributed by atoms with Crippen molar-refractivity contribution < 1.29 is 55.0 Å². The maximum atomic E-state index is 16.0. The first-order valence-electron chi connectivity index (χ1n) is 22.9. The number of aryl methyl sites for hydroxylation is 1. The SMILES string of the molecule is CCOc1cc([C@@H](CS(C)(=O)=O)N2C(=O)c3ccnc(N4CCN([C@@H]5CCN(CCc6ccc(Oc7cc8c(cc7F)c(N7CCC(=O)NC7=O)nn8C)cc6)CC5(F)F)CC4)c3C2=O)ccc1OC. The number of alkyl halides is 2. The predicted octanol–water partition coefficient (Wildman–Crippen LogP) is 5.21. The third-order valence-corrected chi connectivity index (χ3v) is 14.1. The van der Waals surface area contributed by atoms with Crippen LogP contribution in [0.4, 0.5) is 29.6 Å². The Kier molecular flexibility index (Phi) is 13.2. The van der Waals surface area contributed by atoms with Gasteiger partial charge in [0.25, 0.3) is 17.7 Å². The highest BCUT2D eigenvalue weighted by Crippen LogP contribution is 2.40. The zero-order valence-corrected chi connectivity index (χ0v) is 39.8. The normalized spacial score (nSPS) is 19.4. The number of anilines is 2. The Morgan fingerprint density at radius 3 is 2.34 bits per heavy atom. The Morgan fingerprint density at radius 2 is 1.66 bits per heavy atom. The van der Waals surface area contributed by atoms with Crippen molar-refractivity contribution in [3.63, 3.8) is 0 Å². The third kappa shape index (κ3) is 9.58. The Morgan fingerprint density at radius 1 is 0.900 bits per heavy atom. The molecule has 2 atom stereocenters. The number of amides is 5. The van der Waals surface area contributed by atoms with Crippen LogP contribution in [0.5, 0.6) is 23.0 Å². The molecular formula is C48H52F3N9O9S. The summed E-state index contributed by atoms with van der Waals surface area (Å²) in [6.07, 6.45) is 3.27. The number of carbonyl (C=O) groups excluding carboxylic acids is 4. The van der Waals surface area contributed by atoms with Gasteiger partial charge in [0.2, 0.25) is 5.91 Å². The van der Waals surface area contributed by atoms with E-state index in [1.807, 2.05) is 4.90 Å². The number of methoxy groups -OCH3 is 1. The van der Waals surface area contributed by atoms with E-state index in [1.165, 1.54) is 41.1 Å². The van der Waals surface area contributed by atoms with Crippen molar-refractivity contribution in [1.29, 1.82) is 0 Å². The minimum atomic E-state index is -3.73. The summed E-state index contributed by atoms with van der Waals surface area (Å²) in [5.74, 6) is -4.51. The highest BCUT2D eigenvalue weighted by atomic mass is 32.2. The number of benzene rings is 3. The van der Waals surface area contributed by atoms with Gasteiger partial charge in [0, 0.05) is 83.2 Å². The number of likely N-dealkylation sites (tertiary alicyclic amines) is 1. The fourth-order valence-electron chi connectivity index (χ4n) is 9.79. The van der Waals surface area contributed by atoms with Crippen LogP contribution in [-0.4, -0.2) is 152 Å². The number of nitrogens with zero attached hydrogens (tertiary/aromatic N) is 8. The van der Waals surface area contributed by atoms with Crippen molar-refractivity contribution in [3.05, 3.63) is 94.9 Å². The number of sulfone groups is 1. The number of piperidine rings is 1. The zero-order chi connectivity index (χ0) is 49.6. The van der Waals surface area contributed by atoms with E-state index in [1.54, 1.807) is 66.2 Å². The number of aromatic nitrogens is 3. The average Bonchev–Trinajstić information content (AvgIpc) is 3.77. The third-order valence-electron chi connectivity index (χ3n) is 13.2. The summed E-state index contributed by atoms with van der Waals surface area (Å²) < 4.78 is 91.4. The first kappa shape index (κ1) is 48.3. The standard InChI is InChI=1S/C48H52F3N9O9S/c1-5-68-39-24-30(8-11-37(39)67-3)36(27-70(4,65)66)60-45(62)32-12-16-52-44(42(32)46(60)63)58-22-20-57(21-23-58)40-14-18-56(28-48(40,50)51)17-13-29-6-9-31(10-7-29)69-38-26-35-33(25-34(38)49)43(54-55(35)2)59-19-15-41(61)53-47(59)64/h6-12,16,24-26,36,40H,5,13-15,17-23,27-28H2,1-4H3,(H,53,61,64)/t36-,40-/m1/s1. The first-order valence-corrected chi connectivity index (χ1v) is 25.0. The molecule has 5 aromatic rings. The summed E-state index contributed by atoms with van der Waals surface area (Å²) in [6.45, 7) is 3.64. The molecule has 370 valence electrons. The van der Waals surface area contributed by atoms with E-state index in [0.717, 1.165) is 16.7 Å². The van der Waals surface area contributed by atoms with E-state index < -0.39 is 69.7 Å². The topological polar surface area (TPSA) is 189 Å². The van der Waals surface area contributed by atoms with Gasteiger partial charge in [-0.15, -0.1) is 0 Å². The summed E-state index contributed by atoms with van der Waals surface area (Å²) in [4.78, 5) is 64.5. The summed E-state index contributed by atoms with van der Waals surface area (Å²) in [5, 5.41) is 7.02. The van der Waals surface area contributed by atoms with Gasteiger partial charge in [-0.25, -0.2) is 31.4 Å². The number of carbonyl (C=O) groups is 4. The average molecular weight is 988 g/mol. The van der Waals surface area contributed by atoms with Crippen LogP contribution in [0.25, 0.3) is 10.9 Å². The number of hydrogen-bond donors (Lipinski definition) is 1. The molecule has 3 saturated heterocycles. The first-order chi connectivity index (χ1) is 33.4. The van der Waals surface area contributed by atoms with Crippen LogP contribution in [0.1, 0.15) is 57.7 Å². The van der Waals surface area contributed by atoms with E-state index in [2.05, 4.69) is 15.4 Å². The monoisotopic (exact) mass is 987 g/mol. The van der Waals surface area contributed by atoms with Crippen LogP contribution in [-0.2, 0) is 28.1 Å². The number of nitrogens with one attached hydrogen (secondary N) is 1. The van der Waals surface area contributed by atoms with Gasteiger partial charge < -0.3 is 19.1 Å². The van der Waals surface area contributed by atoms with Gasteiger partial charge >= 0.3 is 6.03 Å². The molecule has 0 radical (unpaired) electrons. The number of pyridine rings is 1. The quantitative estimate of drug-likeness (QED) is 0.135. The van der Waals surface area contributed by atoms with Crippen LogP contribution in [0.3, 0.4) is 0 Å². The van der Waals surface area contributed by atoms with E-state index in [4.69, 9.17) is 14.2 Å². The molecule has 22 heteroatoms. The number of fused-ring (bicyclic) bond motifs is 2. The minimum absolute atomic E-state index is 0.0393. The van der Waals surface area contributed by atoms with Gasteiger partial charge in [-0.05, 0) is 67.3 Å². The summed E-state index contributed by atoms with van der Waals surface area (Å²) in [6, 6.07) is 13.1. The number of ether oxygens (including phenoxy) is 3. The number of urea groups is 1. The van der Waals surface area contributed by atoms with Crippen LogP contribution >= 0.6 is 0 Å². The molecule has 0 saturated carbocycles. The molecular weight excluding hydrogens is 936 g/mol. The molecule has 0 spiro atoms. The highest BCUT2D eigenvalue weighted by Gasteiger charge is 2.49. The number of rotatable bonds is 15. The maximum Gasteiger partial charge on any atom is 0.329 e. The molecule has 0 bridgehead atoms. The smallest absolute Gasteiger partial charge is 0.329 e. The van der Waals surface area contributed by atoms with Crippen molar-refractivity contribution in [2.24, 2.45) is 7.05 Å². The molecule has 4 aliphatic heterocycles. The van der Waals surface area contributed by atoms with Crippen molar-refractivity contribution in [2.75, 3.05) is 87.9 Å². The Hall–Kier alpha value is -6.78. The van der Waals surface area contributed by atoms with Crippen molar-refractivity contribution >= 4 is 56.1 Å². The lowest BCUT2D eigenvalue weighted by Gasteiger charge is -2.46. The fraction of sp³-hybridized carbons (Fsp3) is 0.417. The molecule has 70 heavy (non-hydrogen) atoms. The van der Waals surface area contributed by atoms with Crippen molar-refractivity contribution in [2.45, 2.75) is 44.2 Å². The summed E-state index contributed by atoms with van der Waals surface area (Å²) in [7, 11) is -0.607. The molecule has 9 rings (SSSR count). The van der Waals surface area contributed by atoms with Crippen molar-refractivity contribution in [1.82, 2.24) is 34.8 Å². The number of piperazine rings is 1. The van der Waals surface area contributed by atoms with E-state index in [0.29, 0.717) is 53.2 Å². The van der Waals surface area contributed by atoms with Gasteiger partial charge in [0.15, 0.2) is 28.9 Å². The molecule has 1 N–H and O–H groups in total. The van der Waals surface area contributed by atoms with E-state index in [-0.39, 0.29) is 80.7 Å². The van der Waals surface area contributed by atoms with Crippen LogP contribution < -0.4 is 29.3 Å². The van der Waals surface area contributed by atoms with Crippen LogP contribution in [0.2, 0.25) is 0 Å². The molecule has 4 aliphatic rings. The minimum Gasteiger partial charge on any atom is -0.493 e. The van der Waals surface area contributed by atoms with E-state index >= 15 is 13.2 Å². The molecule has 5 amide bonds. The molecule has 3 aromatic carbocycles. The van der Waals surface area contributed by atoms with Gasteiger partial charge in [-0.3, -0.25) is 44.0 Å². The van der Waals surface area contributed by atoms with E-state index in [9.17, 15) is 27.6 Å². The largest absolute Gasteiger partial charge is 0.493 e. The Bertz CT molecular complexity index is 2980. The van der Waals surface area contributed by atoms with Gasteiger partial charge in [-0.2, -0.15) is 5.10 Å². The molecule has 6 heterocycles. The second kappa shape index (κ2) is 19.2. The van der Waals surface area contributed by atoms with Gasteiger partial charge in [0.1, 0.15) is 21.4 Å². The number of halogens is 3. The second-order valence-corrected chi connectivity index (χ2v) is 20.0. The molecule has 2 aromatic heterocycles. The molecule has 18 nitrogen and oxygen atoms in total. The van der Waals surface area contributed by atoms with Crippen LogP contribution in [0, 0.1) is 5.82 Å². The second-order valence-electron chi connectivity index (χ2n) is 17.9. The maximum absolute atomic E-state index is 16.0. The molecule has 0 unspecified atom stereocenters. The van der Waals surface area contributed by atoms with Gasteiger partial charge in [0.05, 0.1) is 54.7 Å². The molecule has 0 aliphatic carbocycles. The Balaban J connectivity index is 0.800. The number of hydrogen-bond acceptors (Lipinski definition) is 14. The fourth-order valence-corrected chi connectivity index (χ4v) is 10.7. The lowest BCUT2D eigenvalue weighted by atomic mass is 9.97. The lowest BCUT2D eigenvalue weighted by molar-refractivity contribution is -0.127. The Labute approximate surface area is 401 Å². The highest BCUT2D eigenvalue weighted by molar-refractivity contribution is 7.90. The van der Waals surface area contributed by atoms with Crippen molar-refractivity contribution in [3.8, 4) is 23.0 Å². The van der Waals surface area contributed by atoms with Gasteiger partial charge in [-0.1, -0.05) is 18.2 Å². The lowest BCUT2D eigenvalue weighted by Crippen LogP contribution is -2.62. The summed E-state index contributed by atoms with van der Waals surface area (Å²) in [5.41, 5.74) is 1.87. The summed E-state index contributed by atoms with van der Waals surface area (Å²) >= 11 is 0. The zero-order valence-electron chi connectivity index (χ0n) is 39.0. The number of imide groups is 2. The molecule has 3 fully saturated rings.